The van der Waals surface area contributed by atoms with Gasteiger partial charge in [0.25, 0.3) is 0 Å². The van der Waals surface area contributed by atoms with Gasteiger partial charge in [-0.25, -0.2) is 4.79 Å². The van der Waals surface area contributed by atoms with Gasteiger partial charge in [0.1, 0.15) is 5.60 Å². The molecule has 0 spiro atoms. The minimum absolute atomic E-state index is 0.176. The van der Waals surface area contributed by atoms with Gasteiger partial charge in [-0.15, -0.1) is 6.42 Å². The molecule has 0 aromatic carbocycles. The van der Waals surface area contributed by atoms with E-state index in [0.717, 1.165) is 6.26 Å². The fourth-order valence-corrected chi connectivity index (χ4v) is 0.612. The van der Waals surface area contributed by atoms with Crippen LogP contribution in [0.2, 0.25) is 0 Å². The van der Waals surface area contributed by atoms with Crippen LogP contribution in [0.15, 0.2) is 12.3 Å². The van der Waals surface area contributed by atoms with E-state index >= 15 is 0 Å². The van der Waals surface area contributed by atoms with Crippen molar-refractivity contribution in [2.75, 3.05) is 0 Å². The topological polar surface area (TPSA) is 72.6 Å². The van der Waals surface area contributed by atoms with Crippen LogP contribution in [0.4, 0.5) is 4.79 Å². The molecule has 4 heteroatoms. The predicted molar refractivity (Wildman–Crippen MR) is 48.4 cm³/mol. The molecule has 13 heavy (non-hydrogen) atoms. The molecule has 1 amide bonds. The van der Waals surface area contributed by atoms with E-state index in [-0.39, 0.29) is 5.92 Å². The number of ether oxygens (including phenoxy) is 1. The number of hydrogen-bond donors (Lipinski definition) is 2. The third kappa shape index (κ3) is 3.63. The molecule has 0 rings (SSSR count). The number of hydrogen-bond acceptors (Lipinski definition) is 3. The molecule has 3 N–H and O–H groups in total. The highest BCUT2D eigenvalue weighted by molar-refractivity contribution is 5.65. The van der Waals surface area contributed by atoms with Crippen molar-refractivity contribution in [1.82, 2.24) is 0 Å². The second kappa shape index (κ2) is 4.53. The Labute approximate surface area is 77.4 Å². The zero-order valence-corrected chi connectivity index (χ0v) is 7.65. The molecule has 0 aliphatic rings. The molecule has 0 aromatic heterocycles. The van der Waals surface area contributed by atoms with E-state index in [1.165, 1.54) is 6.08 Å². The minimum atomic E-state index is -1.41. The number of nitrogens with two attached hydrogens (primary N) is 1. The smallest absolute Gasteiger partial charge is 0.409 e. The number of terminal acetylenes is 1. The van der Waals surface area contributed by atoms with Crippen LogP contribution in [0.5, 0.6) is 0 Å². The zero-order valence-electron chi connectivity index (χ0n) is 7.65. The van der Waals surface area contributed by atoms with Gasteiger partial charge < -0.3 is 15.6 Å². The summed E-state index contributed by atoms with van der Waals surface area (Å²) in [6.07, 6.45) is 6.36. The number of carbonyl (C=O) groups is 1. The molecule has 0 aromatic rings. The lowest BCUT2D eigenvalue weighted by Crippen LogP contribution is -2.30. The molecular weight excluding hydrogens is 170 g/mol. The van der Waals surface area contributed by atoms with E-state index in [0.29, 0.717) is 0 Å². The van der Waals surface area contributed by atoms with Gasteiger partial charge in [-0.2, -0.15) is 0 Å². The average molecular weight is 183 g/mol. The van der Waals surface area contributed by atoms with Crippen molar-refractivity contribution in [3.8, 4) is 12.3 Å². The van der Waals surface area contributed by atoms with Crippen LogP contribution in [0.1, 0.15) is 13.8 Å². The average Bonchev–Trinajstić information content (AvgIpc) is 2.03. The monoisotopic (exact) mass is 183 g/mol. The summed E-state index contributed by atoms with van der Waals surface area (Å²) in [5.41, 5.74) is 3.29. The molecular formula is C9H13NO3. The summed E-state index contributed by atoms with van der Waals surface area (Å²) in [6, 6.07) is 0. The van der Waals surface area contributed by atoms with Crippen LogP contribution in [-0.4, -0.2) is 16.8 Å². The first kappa shape index (κ1) is 11.5. The molecule has 72 valence electrons. The standard InChI is InChI=1S/C9H13NO3/c1-4-9(12,7(2)3)5-6-13-8(10)11/h1,5-7,12H,2-3H3,(H2,10,11)/b6-5+. The normalized spacial score (nSPS) is 15.3. The maximum atomic E-state index is 10.2. The summed E-state index contributed by atoms with van der Waals surface area (Å²) in [6.45, 7) is 3.49. The maximum absolute atomic E-state index is 10.2. The number of amides is 1. The van der Waals surface area contributed by atoms with Crippen LogP contribution >= 0.6 is 0 Å². The van der Waals surface area contributed by atoms with E-state index in [9.17, 15) is 9.90 Å². The molecule has 1 unspecified atom stereocenters. The number of rotatable bonds is 3. The first-order valence-electron chi connectivity index (χ1n) is 3.76. The highest BCUT2D eigenvalue weighted by atomic mass is 16.5. The molecule has 4 nitrogen and oxygen atoms in total. The first-order chi connectivity index (χ1) is 5.92. The lowest BCUT2D eigenvalue weighted by atomic mass is 9.91. The van der Waals surface area contributed by atoms with Gasteiger partial charge >= 0.3 is 6.09 Å². The van der Waals surface area contributed by atoms with Crippen molar-refractivity contribution in [3.05, 3.63) is 12.3 Å². The molecule has 0 saturated heterocycles. The largest absolute Gasteiger partial charge is 0.419 e. The lowest BCUT2D eigenvalue weighted by molar-refractivity contribution is 0.0994. The zero-order chi connectivity index (χ0) is 10.5. The second-order valence-corrected chi connectivity index (χ2v) is 2.86. The molecule has 0 aliphatic carbocycles. The number of primary amides is 1. The van der Waals surface area contributed by atoms with E-state index in [1.54, 1.807) is 13.8 Å². The lowest BCUT2D eigenvalue weighted by Gasteiger charge is -2.21. The van der Waals surface area contributed by atoms with Crippen molar-refractivity contribution < 1.29 is 14.6 Å². The molecule has 0 saturated carbocycles. The van der Waals surface area contributed by atoms with Crippen molar-refractivity contribution >= 4 is 6.09 Å². The number of carbonyl (C=O) groups excluding carboxylic acids is 1. The van der Waals surface area contributed by atoms with Crippen molar-refractivity contribution in [2.45, 2.75) is 19.4 Å². The highest BCUT2D eigenvalue weighted by Gasteiger charge is 2.24. The summed E-state index contributed by atoms with van der Waals surface area (Å²) in [5, 5.41) is 9.66. The van der Waals surface area contributed by atoms with Crippen LogP contribution < -0.4 is 5.73 Å². The van der Waals surface area contributed by atoms with Gasteiger partial charge in [0, 0.05) is 0 Å². The Morgan fingerprint density at radius 2 is 2.31 bits per heavy atom. The van der Waals surface area contributed by atoms with Crippen LogP contribution in [0, 0.1) is 18.3 Å². The molecule has 0 bridgehead atoms. The summed E-state index contributed by atoms with van der Waals surface area (Å²) >= 11 is 0. The van der Waals surface area contributed by atoms with E-state index < -0.39 is 11.7 Å². The van der Waals surface area contributed by atoms with Gasteiger partial charge in [0.05, 0.1) is 6.26 Å². The summed E-state index contributed by atoms with van der Waals surface area (Å²) in [4.78, 5) is 10.2. The van der Waals surface area contributed by atoms with Gasteiger partial charge in [-0.3, -0.25) is 0 Å². The fourth-order valence-electron chi connectivity index (χ4n) is 0.612. The Balaban J connectivity index is 4.38. The second-order valence-electron chi connectivity index (χ2n) is 2.86. The molecule has 1 atom stereocenters. The van der Waals surface area contributed by atoms with Crippen LogP contribution in [0.25, 0.3) is 0 Å². The van der Waals surface area contributed by atoms with Gasteiger partial charge in [0.2, 0.25) is 0 Å². The van der Waals surface area contributed by atoms with Gasteiger partial charge in [0.15, 0.2) is 0 Å². The number of aliphatic hydroxyl groups is 1. The Kier molecular flexibility index (Phi) is 4.02. The van der Waals surface area contributed by atoms with Crippen LogP contribution in [0.3, 0.4) is 0 Å². The quantitative estimate of drug-likeness (QED) is 0.497. The predicted octanol–water partition coefficient (Wildman–Crippen LogP) is 0.616. The molecule has 0 heterocycles. The van der Waals surface area contributed by atoms with Crippen molar-refractivity contribution in [1.29, 1.82) is 0 Å². The summed E-state index contributed by atoms with van der Waals surface area (Å²) in [5.74, 6) is 2.01. The fraction of sp³-hybridized carbons (Fsp3) is 0.444. The van der Waals surface area contributed by atoms with Gasteiger partial charge in [-0.05, 0) is 12.0 Å². The van der Waals surface area contributed by atoms with Crippen molar-refractivity contribution in [2.24, 2.45) is 11.7 Å². The summed E-state index contributed by atoms with van der Waals surface area (Å²) < 4.78 is 4.29. The minimum Gasteiger partial charge on any atom is -0.419 e. The van der Waals surface area contributed by atoms with E-state index in [4.69, 9.17) is 12.2 Å². The summed E-state index contributed by atoms with van der Waals surface area (Å²) in [7, 11) is 0. The van der Waals surface area contributed by atoms with Gasteiger partial charge in [-0.1, -0.05) is 19.8 Å². The van der Waals surface area contributed by atoms with E-state index in [1.807, 2.05) is 0 Å². The molecule has 0 aliphatic heterocycles. The molecule has 0 radical (unpaired) electrons. The Morgan fingerprint density at radius 1 is 1.77 bits per heavy atom. The van der Waals surface area contributed by atoms with Crippen molar-refractivity contribution in [3.63, 3.8) is 0 Å². The first-order valence-corrected chi connectivity index (χ1v) is 3.76. The Morgan fingerprint density at radius 3 is 2.62 bits per heavy atom. The Hall–Kier alpha value is -1.47. The highest BCUT2D eigenvalue weighted by Crippen LogP contribution is 2.17. The third-order valence-electron chi connectivity index (χ3n) is 1.62. The Bertz CT molecular complexity index is 252. The maximum Gasteiger partial charge on any atom is 0.409 e. The third-order valence-corrected chi connectivity index (χ3v) is 1.62. The SMILES string of the molecule is C#CC(O)(/C=C/OC(N)=O)C(C)C. The molecule has 0 fully saturated rings. The van der Waals surface area contributed by atoms with Crippen LogP contribution in [-0.2, 0) is 4.74 Å². The van der Waals surface area contributed by atoms with E-state index in [2.05, 4.69) is 10.7 Å².